The molecule has 0 spiro atoms. The highest BCUT2D eigenvalue weighted by Gasteiger charge is 2.35. The second-order valence-electron chi connectivity index (χ2n) is 11.0. The smallest absolute Gasteiger partial charge is 0.412 e. The first-order chi connectivity index (χ1) is 18.8. The van der Waals surface area contributed by atoms with Gasteiger partial charge in [-0.1, -0.05) is 30.3 Å². The molecule has 40 heavy (non-hydrogen) atoms. The third-order valence-electron chi connectivity index (χ3n) is 7.17. The van der Waals surface area contributed by atoms with Crippen molar-refractivity contribution in [2.24, 2.45) is 5.10 Å². The number of benzene rings is 3. The Morgan fingerprint density at radius 1 is 0.950 bits per heavy atom. The van der Waals surface area contributed by atoms with Crippen LogP contribution in [0, 0.1) is 37.8 Å². The van der Waals surface area contributed by atoms with Crippen molar-refractivity contribution in [2.45, 2.75) is 66.5 Å². The number of nitrogens with one attached hydrogen (secondary N) is 1. The highest BCUT2D eigenvalue weighted by molar-refractivity contribution is 6.08. The highest BCUT2D eigenvalue weighted by Crippen LogP contribution is 2.38. The first-order valence-corrected chi connectivity index (χ1v) is 13.1. The van der Waals surface area contributed by atoms with E-state index in [9.17, 15) is 19.7 Å². The molecule has 4 rings (SSSR count). The second-order valence-corrected chi connectivity index (χ2v) is 11.0. The van der Waals surface area contributed by atoms with Gasteiger partial charge in [0.2, 0.25) is 0 Å². The van der Waals surface area contributed by atoms with Gasteiger partial charge in [0, 0.05) is 29.7 Å². The zero-order valence-corrected chi connectivity index (χ0v) is 23.9. The average Bonchev–Trinajstić information content (AvgIpc) is 3.34. The first-order valence-electron chi connectivity index (χ1n) is 13.1. The van der Waals surface area contributed by atoms with Crippen LogP contribution >= 0.6 is 0 Å². The van der Waals surface area contributed by atoms with E-state index < -0.39 is 16.6 Å². The lowest BCUT2D eigenvalue weighted by Gasteiger charge is -2.23. The molecule has 3 aromatic rings. The molecule has 0 bridgehead atoms. The standard InChI is InChI=1S/C31H34N4O5/c1-18-20(3)28(32-30(37)40-31(5,6)7)21(4)19(2)27(18)25-17-26(22-11-9-8-10-12-22)34(33-25)29(36)23-13-15-24(16-14-23)35(38)39/h8-16,26H,17H2,1-7H3,(H,32,37). The van der Waals surface area contributed by atoms with Gasteiger partial charge in [0.05, 0.1) is 22.4 Å². The number of nitro groups is 1. The summed E-state index contributed by atoms with van der Waals surface area (Å²) in [5.41, 5.74) is 6.61. The van der Waals surface area contributed by atoms with Crippen LogP contribution in [-0.2, 0) is 4.74 Å². The molecule has 1 aliphatic heterocycles. The minimum atomic E-state index is -0.624. The van der Waals surface area contributed by atoms with Crippen LogP contribution in [0.2, 0.25) is 0 Å². The number of rotatable bonds is 5. The van der Waals surface area contributed by atoms with Gasteiger partial charge in [-0.3, -0.25) is 20.2 Å². The molecule has 0 aliphatic carbocycles. The fourth-order valence-corrected chi connectivity index (χ4v) is 4.98. The van der Waals surface area contributed by atoms with Crippen molar-refractivity contribution in [2.75, 3.05) is 5.32 Å². The molecule has 1 heterocycles. The Morgan fingerprint density at radius 3 is 2.05 bits per heavy atom. The summed E-state index contributed by atoms with van der Waals surface area (Å²) in [6.45, 7) is 13.3. The van der Waals surface area contributed by atoms with Crippen molar-refractivity contribution >= 4 is 29.1 Å². The zero-order valence-electron chi connectivity index (χ0n) is 23.9. The minimum absolute atomic E-state index is 0.0842. The van der Waals surface area contributed by atoms with E-state index in [0.717, 1.165) is 39.1 Å². The van der Waals surface area contributed by atoms with Gasteiger partial charge in [-0.25, -0.2) is 9.80 Å². The van der Waals surface area contributed by atoms with Gasteiger partial charge in [-0.2, -0.15) is 5.10 Å². The molecule has 9 heteroatoms. The molecule has 0 aromatic heterocycles. The molecule has 1 atom stereocenters. The van der Waals surface area contributed by atoms with Crippen LogP contribution in [0.5, 0.6) is 0 Å². The van der Waals surface area contributed by atoms with E-state index in [-0.39, 0.29) is 17.6 Å². The van der Waals surface area contributed by atoms with E-state index in [1.165, 1.54) is 29.3 Å². The molecule has 0 radical (unpaired) electrons. The maximum atomic E-state index is 13.7. The summed E-state index contributed by atoms with van der Waals surface area (Å²) in [7, 11) is 0. The molecule has 0 saturated heterocycles. The lowest BCUT2D eigenvalue weighted by atomic mass is 9.87. The monoisotopic (exact) mass is 542 g/mol. The number of non-ortho nitro benzene ring substituents is 1. The summed E-state index contributed by atoms with van der Waals surface area (Å²) in [6, 6.07) is 14.9. The summed E-state index contributed by atoms with van der Waals surface area (Å²) >= 11 is 0. The first kappa shape index (κ1) is 28.5. The van der Waals surface area contributed by atoms with Crippen LogP contribution in [0.25, 0.3) is 0 Å². The summed E-state index contributed by atoms with van der Waals surface area (Å²) in [5.74, 6) is -0.342. The number of nitrogens with zero attached hydrogens (tertiary/aromatic N) is 3. The molecule has 1 aliphatic rings. The normalized spacial score (nSPS) is 15.0. The largest absolute Gasteiger partial charge is 0.444 e. The predicted molar refractivity (Wildman–Crippen MR) is 155 cm³/mol. The summed E-state index contributed by atoms with van der Waals surface area (Å²) in [4.78, 5) is 36.8. The van der Waals surface area contributed by atoms with Crippen LogP contribution in [-0.4, -0.2) is 33.2 Å². The Morgan fingerprint density at radius 2 is 1.52 bits per heavy atom. The van der Waals surface area contributed by atoms with Crippen LogP contribution in [0.4, 0.5) is 16.2 Å². The number of hydrazone groups is 1. The molecule has 3 aromatic carbocycles. The van der Waals surface area contributed by atoms with Gasteiger partial charge in [0.15, 0.2) is 0 Å². The molecular formula is C31H34N4O5. The zero-order chi connectivity index (χ0) is 29.4. The van der Waals surface area contributed by atoms with E-state index in [1.807, 2.05) is 78.8 Å². The maximum Gasteiger partial charge on any atom is 0.412 e. The second kappa shape index (κ2) is 10.9. The summed E-state index contributed by atoms with van der Waals surface area (Å²) in [5, 5.41) is 20.3. The SMILES string of the molecule is Cc1c(C)c(C2=NN(C(=O)c3ccc([N+](=O)[O-])cc3)C(c3ccccc3)C2)c(C)c(C)c1NC(=O)OC(C)(C)C. The van der Waals surface area contributed by atoms with Crippen molar-refractivity contribution in [1.82, 2.24) is 5.01 Å². The van der Waals surface area contributed by atoms with Gasteiger partial charge >= 0.3 is 6.09 Å². The van der Waals surface area contributed by atoms with Crippen LogP contribution in [0.1, 0.15) is 77.0 Å². The van der Waals surface area contributed by atoms with Gasteiger partial charge in [-0.15, -0.1) is 0 Å². The van der Waals surface area contributed by atoms with E-state index >= 15 is 0 Å². The Labute approximate surface area is 234 Å². The molecular weight excluding hydrogens is 508 g/mol. The van der Waals surface area contributed by atoms with Gasteiger partial charge in [0.25, 0.3) is 11.6 Å². The number of amides is 2. The number of hydrogen-bond acceptors (Lipinski definition) is 6. The molecule has 2 amide bonds. The lowest BCUT2D eigenvalue weighted by Crippen LogP contribution is -2.28. The fourth-order valence-electron chi connectivity index (χ4n) is 4.98. The fraction of sp³-hybridized carbons (Fsp3) is 0.323. The van der Waals surface area contributed by atoms with Crippen molar-refractivity contribution < 1.29 is 19.2 Å². The van der Waals surface area contributed by atoms with Gasteiger partial charge in [-0.05, 0) is 88.4 Å². The van der Waals surface area contributed by atoms with Gasteiger partial charge < -0.3 is 4.74 Å². The molecule has 1 unspecified atom stereocenters. The molecule has 208 valence electrons. The number of carbonyl (C=O) groups is 2. The van der Waals surface area contributed by atoms with Crippen LogP contribution in [0.15, 0.2) is 59.7 Å². The number of ether oxygens (including phenoxy) is 1. The Hall–Kier alpha value is -4.53. The predicted octanol–water partition coefficient (Wildman–Crippen LogP) is 7.17. The third-order valence-corrected chi connectivity index (χ3v) is 7.17. The molecule has 9 nitrogen and oxygen atoms in total. The molecule has 0 saturated carbocycles. The van der Waals surface area contributed by atoms with E-state index in [0.29, 0.717) is 17.7 Å². The van der Waals surface area contributed by atoms with E-state index in [1.54, 1.807) is 0 Å². The van der Waals surface area contributed by atoms with Crippen molar-refractivity contribution in [3.63, 3.8) is 0 Å². The van der Waals surface area contributed by atoms with Crippen molar-refractivity contribution in [1.29, 1.82) is 0 Å². The number of hydrogen-bond donors (Lipinski definition) is 1. The Bertz CT molecular complexity index is 1480. The third kappa shape index (κ3) is 5.73. The number of anilines is 1. The molecule has 0 fully saturated rings. The van der Waals surface area contributed by atoms with E-state index in [2.05, 4.69) is 5.32 Å². The highest BCUT2D eigenvalue weighted by atomic mass is 16.6. The van der Waals surface area contributed by atoms with Crippen molar-refractivity contribution in [3.05, 3.63) is 104 Å². The topological polar surface area (TPSA) is 114 Å². The average molecular weight is 543 g/mol. The van der Waals surface area contributed by atoms with Crippen LogP contribution < -0.4 is 5.32 Å². The Balaban J connectivity index is 1.76. The lowest BCUT2D eigenvalue weighted by molar-refractivity contribution is -0.384. The number of carbonyl (C=O) groups excluding carboxylic acids is 2. The number of nitro benzene ring substituents is 1. The quantitative estimate of drug-likeness (QED) is 0.271. The Kier molecular flexibility index (Phi) is 7.77. The molecule has 1 N–H and O–H groups in total. The van der Waals surface area contributed by atoms with E-state index in [4.69, 9.17) is 9.84 Å². The maximum absolute atomic E-state index is 13.7. The van der Waals surface area contributed by atoms with Crippen LogP contribution in [0.3, 0.4) is 0 Å². The van der Waals surface area contributed by atoms with Crippen molar-refractivity contribution in [3.8, 4) is 0 Å². The summed E-state index contributed by atoms with van der Waals surface area (Å²) < 4.78 is 5.47. The minimum Gasteiger partial charge on any atom is -0.444 e. The summed E-state index contributed by atoms with van der Waals surface area (Å²) in [6.07, 6.45) is -0.0326. The van der Waals surface area contributed by atoms with Gasteiger partial charge in [0.1, 0.15) is 5.60 Å².